The number of benzene rings is 2. The van der Waals surface area contributed by atoms with Gasteiger partial charge in [-0.05, 0) is 25.3 Å². The maximum absolute atomic E-state index is 11.6. The number of likely N-dealkylation sites (N-methyl/N-ethyl adjacent to an activating group) is 1. The Morgan fingerprint density at radius 2 is 1.94 bits per heavy atom. The van der Waals surface area contributed by atoms with Crippen LogP contribution in [0.25, 0.3) is 10.8 Å². The van der Waals surface area contributed by atoms with E-state index >= 15 is 0 Å². The molecule has 0 spiro atoms. The van der Waals surface area contributed by atoms with Crippen molar-refractivity contribution in [3.05, 3.63) is 42.5 Å². The summed E-state index contributed by atoms with van der Waals surface area (Å²) in [6, 6.07) is 13.8. The van der Waals surface area contributed by atoms with E-state index in [0.717, 1.165) is 16.5 Å². The molecule has 94 valence electrons. The number of hydrogen-bond donors (Lipinski definition) is 1. The second-order valence-electron chi connectivity index (χ2n) is 4.13. The minimum atomic E-state index is -0.490. The summed E-state index contributed by atoms with van der Waals surface area (Å²) in [7, 11) is 0. The number of fused-ring (bicyclic) bond motifs is 1. The molecule has 0 saturated heterocycles. The molecule has 2 aromatic rings. The Morgan fingerprint density at radius 3 is 2.72 bits per heavy atom. The first-order chi connectivity index (χ1) is 8.72. The molecule has 0 aromatic heterocycles. The molecule has 3 heteroatoms. The van der Waals surface area contributed by atoms with Crippen molar-refractivity contribution in [1.29, 1.82) is 0 Å². The third kappa shape index (κ3) is 2.62. The molecule has 0 aliphatic heterocycles. The van der Waals surface area contributed by atoms with Crippen molar-refractivity contribution in [1.82, 2.24) is 5.32 Å². The fourth-order valence-electron chi connectivity index (χ4n) is 1.86. The summed E-state index contributed by atoms with van der Waals surface area (Å²) in [5.41, 5.74) is 0. The molecule has 0 radical (unpaired) electrons. The first kappa shape index (κ1) is 12.4. The van der Waals surface area contributed by atoms with Crippen molar-refractivity contribution in [2.45, 2.75) is 20.0 Å². The number of ether oxygens (including phenoxy) is 1. The predicted molar refractivity (Wildman–Crippen MR) is 72.7 cm³/mol. The molecular weight excluding hydrogens is 226 g/mol. The van der Waals surface area contributed by atoms with Gasteiger partial charge in [0.25, 0.3) is 5.91 Å². The number of hydrogen-bond acceptors (Lipinski definition) is 2. The number of carbonyl (C=O) groups is 1. The molecule has 0 bridgehead atoms. The van der Waals surface area contributed by atoms with Crippen LogP contribution in [0, 0.1) is 0 Å². The lowest BCUT2D eigenvalue weighted by Gasteiger charge is -2.15. The lowest BCUT2D eigenvalue weighted by molar-refractivity contribution is -0.127. The molecule has 18 heavy (non-hydrogen) atoms. The number of nitrogens with one attached hydrogen (secondary N) is 1. The van der Waals surface area contributed by atoms with E-state index in [1.165, 1.54) is 0 Å². The Hall–Kier alpha value is -2.03. The van der Waals surface area contributed by atoms with E-state index in [1.807, 2.05) is 49.4 Å². The summed E-state index contributed by atoms with van der Waals surface area (Å²) < 4.78 is 5.73. The van der Waals surface area contributed by atoms with Crippen molar-refractivity contribution >= 4 is 16.7 Å². The zero-order valence-electron chi connectivity index (χ0n) is 10.6. The van der Waals surface area contributed by atoms with Crippen LogP contribution in [0.2, 0.25) is 0 Å². The normalized spacial score (nSPS) is 12.1. The van der Waals surface area contributed by atoms with Gasteiger partial charge in [-0.1, -0.05) is 36.4 Å². The van der Waals surface area contributed by atoms with E-state index in [0.29, 0.717) is 6.54 Å². The number of amides is 1. The van der Waals surface area contributed by atoms with Gasteiger partial charge in [-0.3, -0.25) is 4.79 Å². The van der Waals surface area contributed by atoms with Gasteiger partial charge in [-0.25, -0.2) is 0 Å². The van der Waals surface area contributed by atoms with Crippen LogP contribution in [-0.4, -0.2) is 18.6 Å². The minimum absolute atomic E-state index is 0.0922. The Kier molecular flexibility index (Phi) is 3.82. The first-order valence-corrected chi connectivity index (χ1v) is 6.14. The fourth-order valence-corrected chi connectivity index (χ4v) is 1.86. The molecule has 0 saturated carbocycles. The Balaban J connectivity index is 2.24. The van der Waals surface area contributed by atoms with Crippen LogP contribution < -0.4 is 10.1 Å². The smallest absolute Gasteiger partial charge is 0.260 e. The predicted octanol–water partition coefficient (Wildman–Crippen LogP) is 2.74. The summed E-state index contributed by atoms with van der Waals surface area (Å²) in [5.74, 6) is 0.650. The van der Waals surface area contributed by atoms with E-state index < -0.39 is 6.10 Å². The third-order valence-electron chi connectivity index (χ3n) is 2.77. The van der Waals surface area contributed by atoms with Gasteiger partial charge < -0.3 is 10.1 Å². The van der Waals surface area contributed by atoms with E-state index in [2.05, 4.69) is 5.32 Å². The van der Waals surface area contributed by atoms with Crippen LogP contribution in [0.1, 0.15) is 13.8 Å². The number of rotatable bonds is 4. The zero-order chi connectivity index (χ0) is 13.0. The van der Waals surface area contributed by atoms with Gasteiger partial charge >= 0.3 is 0 Å². The Bertz CT molecular complexity index is 546. The maximum Gasteiger partial charge on any atom is 0.260 e. The van der Waals surface area contributed by atoms with Gasteiger partial charge in [-0.15, -0.1) is 0 Å². The average Bonchev–Trinajstić information content (AvgIpc) is 2.39. The molecule has 1 unspecified atom stereocenters. The monoisotopic (exact) mass is 243 g/mol. The standard InChI is InChI=1S/C15H17NO2/c1-3-16-15(17)11(2)18-14-10-6-8-12-7-4-5-9-13(12)14/h4-11H,3H2,1-2H3,(H,16,17). The Labute approximate surface area is 107 Å². The second-order valence-corrected chi connectivity index (χ2v) is 4.13. The van der Waals surface area contributed by atoms with Crippen LogP contribution in [0.15, 0.2) is 42.5 Å². The first-order valence-electron chi connectivity index (χ1n) is 6.14. The largest absolute Gasteiger partial charge is 0.480 e. The van der Waals surface area contributed by atoms with Crippen molar-refractivity contribution in [2.24, 2.45) is 0 Å². The Morgan fingerprint density at radius 1 is 1.22 bits per heavy atom. The molecule has 2 aromatic carbocycles. The molecule has 0 aliphatic rings. The van der Waals surface area contributed by atoms with Gasteiger partial charge in [0, 0.05) is 11.9 Å². The highest BCUT2D eigenvalue weighted by atomic mass is 16.5. The molecule has 0 fully saturated rings. The van der Waals surface area contributed by atoms with E-state index in [4.69, 9.17) is 4.74 Å². The van der Waals surface area contributed by atoms with Crippen LogP contribution in [0.5, 0.6) is 5.75 Å². The number of carbonyl (C=O) groups excluding carboxylic acids is 1. The van der Waals surface area contributed by atoms with Crippen molar-refractivity contribution in [3.63, 3.8) is 0 Å². The molecule has 1 N–H and O–H groups in total. The topological polar surface area (TPSA) is 38.3 Å². The second kappa shape index (κ2) is 5.54. The van der Waals surface area contributed by atoms with Gasteiger partial charge in [0.1, 0.15) is 5.75 Å². The summed E-state index contributed by atoms with van der Waals surface area (Å²) in [5, 5.41) is 4.88. The van der Waals surface area contributed by atoms with E-state index in [1.54, 1.807) is 6.92 Å². The van der Waals surface area contributed by atoms with Crippen LogP contribution in [-0.2, 0) is 4.79 Å². The van der Waals surface area contributed by atoms with Gasteiger partial charge in [0.2, 0.25) is 0 Å². The quantitative estimate of drug-likeness (QED) is 0.896. The van der Waals surface area contributed by atoms with Crippen LogP contribution in [0.4, 0.5) is 0 Å². The van der Waals surface area contributed by atoms with Crippen molar-refractivity contribution in [2.75, 3.05) is 6.54 Å². The lowest BCUT2D eigenvalue weighted by Crippen LogP contribution is -2.36. The molecular formula is C15H17NO2. The van der Waals surface area contributed by atoms with Gasteiger partial charge in [0.05, 0.1) is 0 Å². The average molecular weight is 243 g/mol. The van der Waals surface area contributed by atoms with E-state index in [9.17, 15) is 4.79 Å². The van der Waals surface area contributed by atoms with Gasteiger partial charge in [0.15, 0.2) is 6.10 Å². The molecule has 3 nitrogen and oxygen atoms in total. The zero-order valence-corrected chi connectivity index (χ0v) is 10.6. The minimum Gasteiger partial charge on any atom is -0.480 e. The highest BCUT2D eigenvalue weighted by Gasteiger charge is 2.14. The SMILES string of the molecule is CCNC(=O)C(C)Oc1cccc2ccccc12. The van der Waals surface area contributed by atoms with Crippen LogP contribution >= 0.6 is 0 Å². The highest BCUT2D eigenvalue weighted by molar-refractivity contribution is 5.89. The van der Waals surface area contributed by atoms with Gasteiger partial charge in [-0.2, -0.15) is 0 Å². The molecule has 0 heterocycles. The van der Waals surface area contributed by atoms with Crippen LogP contribution in [0.3, 0.4) is 0 Å². The maximum atomic E-state index is 11.6. The summed E-state index contributed by atoms with van der Waals surface area (Å²) in [4.78, 5) is 11.6. The third-order valence-corrected chi connectivity index (χ3v) is 2.77. The summed E-state index contributed by atoms with van der Waals surface area (Å²) in [6.07, 6.45) is -0.490. The molecule has 2 rings (SSSR count). The molecule has 1 amide bonds. The van der Waals surface area contributed by atoms with Crippen molar-refractivity contribution in [3.8, 4) is 5.75 Å². The van der Waals surface area contributed by atoms with Crippen molar-refractivity contribution < 1.29 is 9.53 Å². The van der Waals surface area contributed by atoms with E-state index in [-0.39, 0.29) is 5.91 Å². The summed E-state index contributed by atoms with van der Waals surface area (Å²) >= 11 is 0. The lowest BCUT2D eigenvalue weighted by atomic mass is 10.1. The fraction of sp³-hybridized carbons (Fsp3) is 0.267. The highest BCUT2D eigenvalue weighted by Crippen LogP contribution is 2.25. The summed E-state index contributed by atoms with van der Waals surface area (Å²) in [6.45, 7) is 4.26. The molecule has 1 atom stereocenters. The molecule has 0 aliphatic carbocycles.